The van der Waals surface area contributed by atoms with E-state index in [0.29, 0.717) is 13.2 Å². The number of amides is 1. The van der Waals surface area contributed by atoms with Gasteiger partial charge in [0.05, 0.1) is 18.1 Å². The molecule has 0 bridgehead atoms. The van der Waals surface area contributed by atoms with Crippen molar-refractivity contribution < 1.29 is 14.3 Å². The number of hydrogen-bond donors (Lipinski definition) is 1. The molecule has 0 atom stereocenters. The third-order valence-electron chi connectivity index (χ3n) is 2.50. The first-order chi connectivity index (χ1) is 9.13. The number of carbonyl (C=O) groups is 2. The highest BCUT2D eigenvalue weighted by molar-refractivity contribution is 8.00. The van der Waals surface area contributed by atoms with E-state index in [1.165, 1.54) is 11.8 Å². The zero-order valence-electron chi connectivity index (χ0n) is 11.3. The summed E-state index contributed by atoms with van der Waals surface area (Å²) in [4.78, 5) is 22.7. The molecule has 104 valence electrons. The third kappa shape index (κ3) is 6.29. The molecule has 4 nitrogen and oxygen atoms in total. The maximum atomic E-state index is 11.6. The molecule has 5 heteroatoms. The van der Waals surface area contributed by atoms with Crippen molar-refractivity contribution in [3.05, 3.63) is 35.4 Å². The van der Waals surface area contributed by atoms with Crippen molar-refractivity contribution in [2.75, 3.05) is 18.1 Å². The molecule has 0 saturated heterocycles. The standard InChI is InChI=1S/C14H19NO3S/c1-3-18-14(17)10-19-9-13(16)15-8-12-7-5-4-6-11(12)2/h4-7H,3,8-10H2,1-2H3,(H,15,16). The molecule has 0 aliphatic rings. The molecule has 1 rings (SSSR count). The van der Waals surface area contributed by atoms with Crippen LogP contribution in [-0.4, -0.2) is 30.0 Å². The molecule has 1 aromatic rings. The molecular formula is C14H19NO3S. The number of thioether (sulfide) groups is 1. The molecule has 1 aromatic carbocycles. The van der Waals surface area contributed by atoms with Crippen LogP contribution < -0.4 is 5.32 Å². The van der Waals surface area contributed by atoms with Gasteiger partial charge in [0, 0.05) is 6.54 Å². The van der Waals surface area contributed by atoms with Crippen molar-refractivity contribution in [1.82, 2.24) is 5.32 Å². The summed E-state index contributed by atoms with van der Waals surface area (Å²) in [5.41, 5.74) is 2.26. The largest absolute Gasteiger partial charge is 0.465 e. The molecule has 1 amide bonds. The molecule has 0 aliphatic carbocycles. The second-order valence-electron chi connectivity index (χ2n) is 4.00. The molecule has 19 heavy (non-hydrogen) atoms. The van der Waals surface area contributed by atoms with Gasteiger partial charge in [0.2, 0.25) is 5.91 Å². The first kappa shape index (κ1) is 15.6. The fourth-order valence-electron chi connectivity index (χ4n) is 1.48. The van der Waals surface area contributed by atoms with Crippen molar-refractivity contribution in [1.29, 1.82) is 0 Å². The molecule has 0 saturated carbocycles. The maximum absolute atomic E-state index is 11.6. The predicted molar refractivity (Wildman–Crippen MR) is 77.0 cm³/mol. The lowest BCUT2D eigenvalue weighted by Crippen LogP contribution is -2.25. The van der Waals surface area contributed by atoms with Crippen LogP contribution in [0.1, 0.15) is 18.1 Å². The van der Waals surface area contributed by atoms with Crippen molar-refractivity contribution in [2.45, 2.75) is 20.4 Å². The highest BCUT2D eigenvalue weighted by Crippen LogP contribution is 2.06. The van der Waals surface area contributed by atoms with Gasteiger partial charge in [-0.25, -0.2) is 0 Å². The van der Waals surface area contributed by atoms with Gasteiger partial charge in [-0.05, 0) is 25.0 Å². The van der Waals surface area contributed by atoms with E-state index < -0.39 is 0 Å². The van der Waals surface area contributed by atoms with Crippen LogP contribution >= 0.6 is 11.8 Å². The van der Waals surface area contributed by atoms with Gasteiger partial charge in [0.1, 0.15) is 0 Å². The van der Waals surface area contributed by atoms with Gasteiger partial charge >= 0.3 is 5.97 Å². The molecule has 0 aliphatic heterocycles. The third-order valence-corrected chi connectivity index (χ3v) is 3.40. The normalized spacial score (nSPS) is 10.0. The molecule has 0 spiro atoms. The van der Waals surface area contributed by atoms with E-state index in [0.717, 1.165) is 11.1 Å². The molecule has 0 aromatic heterocycles. The molecule has 1 N–H and O–H groups in total. The van der Waals surface area contributed by atoms with Gasteiger partial charge in [-0.1, -0.05) is 24.3 Å². The van der Waals surface area contributed by atoms with E-state index in [2.05, 4.69) is 5.32 Å². The van der Waals surface area contributed by atoms with Crippen LogP contribution in [0.5, 0.6) is 0 Å². The van der Waals surface area contributed by atoms with Crippen molar-refractivity contribution >= 4 is 23.6 Å². The van der Waals surface area contributed by atoms with Gasteiger partial charge in [-0.2, -0.15) is 0 Å². The van der Waals surface area contributed by atoms with Crippen LogP contribution in [0.3, 0.4) is 0 Å². The number of esters is 1. The van der Waals surface area contributed by atoms with Gasteiger partial charge in [-0.15, -0.1) is 11.8 Å². The van der Waals surface area contributed by atoms with Gasteiger partial charge in [0.25, 0.3) is 0 Å². The smallest absolute Gasteiger partial charge is 0.315 e. The van der Waals surface area contributed by atoms with Crippen LogP contribution in [-0.2, 0) is 20.9 Å². The van der Waals surface area contributed by atoms with Gasteiger partial charge < -0.3 is 10.1 Å². The summed E-state index contributed by atoms with van der Waals surface area (Å²) in [5.74, 6) is 0.132. The van der Waals surface area contributed by atoms with E-state index in [-0.39, 0.29) is 23.4 Å². The fourth-order valence-corrected chi connectivity index (χ4v) is 2.12. The minimum atomic E-state index is -0.279. The maximum Gasteiger partial charge on any atom is 0.315 e. The number of aryl methyl sites for hydroxylation is 1. The van der Waals surface area contributed by atoms with E-state index >= 15 is 0 Å². The molecule has 0 fully saturated rings. The topological polar surface area (TPSA) is 55.4 Å². The Bertz CT molecular complexity index is 434. The number of rotatable bonds is 7. The van der Waals surface area contributed by atoms with Crippen LogP contribution in [0, 0.1) is 6.92 Å². The van der Waals surface area contributed by atoms with Crippen LogP contribution in [0.4, 0.5) is 0 Å². The zero-order valence-corrected chi connectivity index (χ0v) is 12.1. The lowest BCUT2D eigenvalue weighted by Gasteiger charge is -2.07. The highest BCUT2D eigenvalue weighted by atomic mass is 32.2. The van der Waals surface area contributed by atoms with Crippen molar-refractivity contribution in [3.8, 4) is 0 Å². The molecule has 0 radical (unpaired) electrons. The minimum absolute atomic E-state index is 0.0717. The average Bonchev–Trinajstić information content (AvgIpc) is 2.38. The zero-order chi connectivity index (χ0) is 14.1. The summed E-state index contributed by atoms with van der Waals surface area (Å²) >= 11 is 1.26. The number of carbonyl (C=O) groups excluding carboxylic acids is 2. The van der Waals surface area contributed by atoms with Gasteiger partial charge in [-0.3, -0.25) is 9.59 Å². The highest BCUT2D eigenvalue weighted by Gasteiger charge is 2.06. The number of hydrogen-bond acceptors (Lipinski definition) is 4. The summed E-state index contributed by atoms with van der Waals surface area (Å²) in [7, 11) is 0. The monoisotopic (exact) mass is 281 g/mol. The summed E-state index contributed by atoms with van der Waals surface area (Å²) in [5, 5.41) is 2.83. The first-order valence-electron chi connectivity index (χ1n) is 6.18. The second kappa shape index (κ2) is 8.58. The Kier molecular flexibility index (Phi) is 7.03. The Morgan fingerprint density at radius 2 is 2.00 bits per heavy atom. The quantitative estimate of drug-likeness (QED) is 0.776. The lowest BCUT2D eigenvalue weighted by atomic mass is 10.1. The Balaban J connectivity index is 2.22. The van der Waals surface area contributed by atoms with Crippen LogP contribution in [0.2, 0.25) is 0 Å². The number of nitrogens with one attached hydrogen (secondary N) is 1. The first-order valence-corrected chi connectivity index (χ1v) is 7.33. The number of ether oxygens (including phenoxy) is 1. The predicted octanol–water partition coefficient (Wildman–Crippen LogP) is 1.91. The molecule has 0 heterocycles. The SMILES string of the molecule is CCOC(=O)CSCC(=O)NCc1ccccc1C. The molecular weight excluding hydrogens is 262 g/mol. The van der Waals surface area contributed by atoms with E-state index in [1.54, 1.807) is 6.92 Å². The Morgan fingerprint density at radius 1 is 1.26 bits per heavy atom. The van der Waals surface area contributed by atoms with E-state index in [9.17, 15) is 9.59 Å². The summed E-state index contributed by atoms with van der Waals surface area (Å²) in [6, 6.07) is 7.91. The van der Waals surface area contributed by atoms with Crippen LogP contribution in [0.25, 0.3) is 0 Å². The van der Waals surface area contributed by atoms with Crippen molar-refractivity contribution in [3.63, 3.8) is 0 Å². The Hall–Kier alpha value is -1.49. The fraction of sp³-hybridized carbons (Fsp3) is 0.429. The Morgan fingerprint density at radius 3 is 2.68 bits per heavy atom. The minimum Gasteiger partial charge on any atom is -0.465 e. The van der Waals surface area contributed by atoms with E-state index in [1.807, 2.05) is 31.2 Å². The average molecular weight is 281 g/mol. The lowest BCUT2D eigenvalue weighted by molar-refractivity contribution is -0.139. The summed E-state index contributed by atoms with van der Waals surface area (Å²) < 4.78 is 4.78. The van der Waals surface area contributed by atoms with E-state index in [4.69, 9.17) is 4.74 Å². The second-order valence-corrected chi connectivity index (χ2v) is 4.99. The van der Waals surface area contributed by atoms with Crippen LogP contribution in [0.15, 0.2) is 24.3 Å². The summed E-state index contributed by atoms with van der Waals surface area (Å²) in [6.45, 7) is 4.67. The Labute approximate surface area is 117 Å². The molecule has 0 unspecified atom stereocenters. The van der Waals surface area contributed by atoms with Gasteiger partial charge in [0.15, 0.2) is 0 Å². The number of benzene rings is 1. The van der Waals surface area contributed by atoms with Crippen molar-refractivity contribution in [2.24, 2.45) is 0 Å². The summed E-state index contributed by atoms with van der Waals surface area (Å²) in [6.07, 6.45) is 0.